The van der Waals surface area contributed by atoms with Crippen molar-refractivity contribution in [2.75, 3.05) is 6.61 Å². The van der Waals surface area contributed by atoms with Gasteiger partial charge in [-0.1, -0.05) is 141 Å². The Bertz CT molecular complexity index is 388. The van der Waals surface area contributed by atoms with Crippen LogP contribution in [-0.2, 0) is 9.53 Å². The third-order valence-corrected chi connectivity index (χ3v) is 6.46. The van der Waals surface area contributed by atoms with Crippen LogP contribution in [0.4, 0.5) is 0 Å². The molecule has 0 aromatic carbocycles. The average molecular weight is 451 g/mol. The van der Waals surface area contributed by atoms with Gasteiger partial charge in [-0.2, -0.15) is 0 Å². The van der Waals surface area contributed by atoms with Crippen molar-refractivity contribution in [1.29, 1.82) is 0 Å². The number of rotatable bonds is 26. The van der Waals surface area contributed by atoms with E-state index in [-0.39, 0.29) is 5.97 Å². The molecule has 0 radical (unpaired) electrons. The van der Waals surface area contributed by atoms with Gasteiger partial charge in [0.05, 0.1) is 6.61 Å². The lowest BCUT2D eigenvalue weighted by Crippen LogP contribution is -1.99. The predicted molar refractivity (Wildman–Crippen MR) is 142 cm³/mol. The van der Waals surface area contributed by atoms with Gasteiger partial charge in [0, 0.05) is 6.92 Å². The van der Waals surface area contributed by atoms with E-state index < -0.39 is 0 Å². The number of hydrogen-bond donors (Lipinski definition) is 0. The number of ether oxygens (including phenoxy) is 1. The topological polar surface area (TPSA) is 26.3 Å². The summed E-state index contributed by atoms with van der Waals surface area (Å²) in [5.74, 6) is -0.167. The molecule has 0 heterocycles. The van der Waals surface area contributed by atoms with Crippen LogP contribution in [0.15, 0.2) is 12.2 Å². The lowest BCUT2D eigenvalue weighted by molar-refractivity contribution is -0.141. The van der Waals surface area contributed by atoms with Crippen LogP contribution >= 0.6 is 0 Å². The lowest BCUT2D eigenvalue weighted by atomic mass is 10.0. The summed E-state index contributed by atoms with van der Waals surface area (Å²) >= 11 is 0. The van der Waals surface area contributed by atoms with Crippen LogP contribution in [0.2, 0.25) is 0 Å². The van der Waals surface area contributed by atoms with E-state index in [1.54, 1.807) is 0 Å². The summed E-state index contributed by atoms with van der Waals surface area (Å²) in [5, 5.41) is 0. The maximum absolute atomic E-state index is 10.6. The minimum absolute atomic E-state index is 0.167. The highest BCUT2D eigenvalue weighted by atomic mass is 16.5. The summed E-state index contributed by atoms with van der Waals surface area (Å²) in [6.45, 7) is 4.34. The predicted octanol–water partition coefficient (Wildman–Crippen LogP) is 10.5. The van der Waals surface area contributed by atoms with Gasteiger partial charge in [0.1, 0.15) is 0 Å². The van der Waals surface area contributed by atoms with Crippen molar-refractivity contribution in [3.05, 3.63) is 12.2 Å². The van der Waals surface area contributed by atoms with E-state index in [0.29, 0.717) is 6.61 Å². The van der Waals surface area contributed by atoms with Gasteiger partial charge in [-0.25, -0.2) is 0 Å². The molecule has 2 heteroatoms. The monoisotopic (exact) mass is 450 g/mol. The van der Waals surface area contributed by atoms with E-state index in [1.807, 2.05) is 0 Å². The average Bonchev–Trinajstić information content (AvgIpc) is 2.78. The van der Waals surface area contributed by atoms with Crippen LogP contribution in [0.5, 0.6) is 0 Å². The Morgan fingerprint density at radius 2 is 0.812 bits per heavy atom. The molecule has 32 heavy (non-hydrogen) atoms. The van der Waals surface area contributed by atoms with Gasteiger partial charge >= 0.3 is 5.97 Å². The molecule has 0 aromatic rings. The van der Waals surface area contributed by atoms with Crippen LogP contribution in [0.3, 0.4) is 0 Å². The largest absolute Gasteiger partial charge is 0.466 e. The molecule has 2 nitrogen and oxygen atoms in total. The first-order chi connectivity index (χ1) is 15.8. The summed E-state index contributed by atoms with van der Waals surface area (Å²) in [4.78, 5) is 10.6. The Morgan fingerprint density at radius 3 is 1.16 bits per heavy atom. The van der Waals surface area contributed by atoms with Gasteiger partial charge in [0.15, 0.2) is 0 Å². The van der Waals surface area contributed by atoms with E-state index >= 15 is 0 Å². The zero-order valence-electron chi connectivity index (χ0n) is 22.1. The van der Waals surface area contributed by atoms with Crippen LogP contribution in [0, 0.1) is 0 Å². The van der Waals surface area contributed by atoms with Crippen LogP contribution in [-0.4, -0.2) is 12.6 Å². The number of allylic oxidation sites excluding steroid dienone is 2. The van der Waals surface area contributed by atoms with E-state index in [2.05, 4.69) is 19.1 Å². The van der Waals surface area contributed by atoms with Gasteiger partial charge in [-0.15, -0.1) is 0 Å². The van der Waals surface area contributed by atoms with Crippen molar-refractivity contribution in [1.82, 2.24) is 0 Å². The molecular formula is C30H58O2. The minimum atomic E-state index is -0.167. The molecule has 0 amide bonds. The van der Waals surface area contributed by atoms with Gasteiger partial charge in [-0.3, -0.25) is 4.79 Å². The molecule has 0 aliphatic rings. The molecule has 0 spiro atoms. The number of unbranched alkanes of at least 4 members (excludes halogenated alkanes) is 22. The summed E-state index contributed by atoms with van der Waals surface area (Å²) in [7, 11) is 0. The van der Waals surface area contributed by atoms with Crippen LogP contribution in [0.1, 0.15) is 168 Å². The Morgan fingerprint density at radius 1 is 0.500 bits per heavy atom. The summed E-state index contributed by atoms with van der Waals surface area (Å²) < 4.78 is 4.93. The van der Waals surface area contributed by atoms with Crippen molar-refractivity contribution in [3.63, 3.8) is 0 Å². The number of carbonyl (C=O) groups excluding carboxylic acids is 1. The van der Waals surface area contributed by atoms with Crippen molar-refractivity contribution < 1.29 is 9.53 Å². The van der Waals surface area contributed by atoms with Crippen molar-refractivity contribution in [3.8, 4) is 0 Å². The van der Waals surface area contributed by atoms with Gasteiger partial charge in [0.25, 0.3) is 0 Å². The fourth-order valence-electron chi connectivity index (χ4n) is 4.33. The summed E-state index contributed by atoms with van der Waals surface area (Å²) in [6.07, 6.45) is 37.9. The second-order valence-electron chi connectivity index (χ2n) is 9.81. The Kier molecular flexibility index (Phi) is 27.5. The second kappa shape index (κ2) is 28.2. The van der Waals surface area contributed by atoms with Crippen LogP contribution < -0.4 is 0 Å². The third kappa shape index (κ3) is 29.2. The van der Waals surface area contributed by atoms with Crippen molar-refractivity contribution >= 4 is 5.97 Å². The molecule has 0 fully saturated rings. The molecule has 0 aliphatic carbocycles. The first-order valence-electron chi connectivity index (χ1n) is 14.6. The molecule has 0 rings (SSSR count). The lowest BCUT2D eigenvalue weighted by Gasteiger charge is -2.04. The Labute approximate surface area is 202 Å². The highest BCUT2D eigenvalue weighted by molar-refractivity contribution is 5.65. The third-order valence-electron chi connectivity index (χ3n) is 6.46. The van der Waals surface area contributed by atoms with Crippen molar-refractivity contribution in [2.24, 2.45) is 0 Å². The molecule has 190 valence electrons. The van der Waals surface area contributed by atoms with E-state index in [0.717, 1.165) is 19.3 Å². The molecule has 0 atom stereocenters. The maximum Gasteiger partial charge on any atom is 0.302 e. The molecule has 0 saturated heterocycles. The molecule has 0 unspecified atom stereocenters. The number of carbonyl (C=O) groups is 1. The normalized spacial score (nSPS) is 11.4. The highest BCUT2D eigenvalue weighted by Gasteiger charge is 1.95. The second-order valence-corrected chi connectivity index (χ2v) is 9.81. The fourth-order valence-corrected chi connectivity index (χ4v) is 4.33. The zero-order chi connectivity index (χ0) is 23.4. The Balaban J connectivity index is 3.06. The SMILES string of the molecule is CCCCCCCCCCCCCCCCCCCCCC/C=C/CCCCOC(C)=O. The molecule has 0 N–H and O–H groups in total. The first-order valence-corrected chi connectivity index (χ1v) is 14.6. The Hall–Kier alpha value is -0.790. The smallest absolute Gasteiger partial charge is 0.302 e. The maximum atomic E-state index is 10.6. The number of esters is 1. The molecular weight excluding hydrogens is 392 g/mol. The van der Waals surface area contributed by atoms with Gasteiger partial charge in [-0.05, 0) is 32.1 Å². The highest BCUT2D eigenvalue weighted by Crippen LogP contribution is 2.15. The van der Waals surface area contributed by atoms with Crippen LogP contribution in [0.25, 0.3) is 0 Å². The standard InChI is InChI=1S/C30H58O2/c1-3-4-5-6-7-8-9-10-11-12-13-14-15-16-17-18-19-20-21-22-23-24-25-26-27-28-29-32-30(2)31/h24-25H,3-23,26-29H2,1-2H3/b25-24+. The number of hydrogen-bond acceptors (Lipinski definition) is 2. The van der Waals surface area contributed by atoms with E-state index in [1.165, 1.54) is 142 Å². The van der Waals surface area contributed by atoms with E-state index in [4.69, 9.17) is 4.74 Å². The quantitative estimate of drug-likeness (QED) is 0.0744. The summed E-state index contributed by atoms with van der Waals surface area (Å²) in [6, 6.07) is 0. The van der Waals surface area contributed by atoms with Crippen molar-refractivity contribution in [2.45, 2.75) is 168 Å². The summed E-state index contributed by atoms with van der Waals surface area (Å²) in [5.41, 5.74) is 0. The van der Waals surface area contributed by atoms with Gasteiger partial charge < -0.3 is 4.74 Å². The molecule has 0 aromatic heterocycles. The minimum Gasteiger partial charge on any atom is -0.466 e. The first kappa shape index (κ1) is 31.2. The molecule has 0 aliphatic heterocycles. The zero-order valence-corrected chi connectivity index (χ0v) is 22.1. The van der Waals surface area contributed by atoms with Gasteiger partial charge in [0.2, 0.25) is 0 Å². The molecule has 0 bridgehead atoms. The van der Waals surface area contributed by atoms with E-state index in [9.17, 15) is 4.79 Å². The fraction of sp³-hybridized carbons (Fsp3) is 0.900. The molecule has 0 saturated carbocycles.